The van der Waals surface area contributed by atoms with Gasteiger partial charge in [0.15, 0.2) is 0 Å². The van der Waals surface area contributed by atoms with Gasteiger partial charge in [0.05, 0.1) is 12.1 Å². The summed E-state index contributed by atoms with van der Waals surface area (Å²) in [5.74, 6) is -0.321. The maximum Gasteiger partial charge on any atom is 0.330 e. The number of esters is 1. The average Bonchev–Trinajstić information content (AvgIpc) is 2.36. The van der Waals surface area contributed by atoms with E-state index >= 15 is 0 Å². The Kier molecular flexibility index (Phi) is 3.50. The van der Waals surface area contributed by atoms with E-state index in [2.05, 4.69) is 4.98 Å². The van der Waals surface area contributed by atoms with Crippen molar-refractivity contribution in [3.05, 3.63) is 48.2 Å². The van der Waals surface area contributed by atoms with Crippen LogP contribution in [0.4, 0.5) is 0 Å². The lowest BCUT2D eigenvalue weighted by molar-refractivity contribution is -0.137. The molecule has 0 saturated heterocycles. The van der Waals surface area contributed by atoms with Crippen LogP contribution >= 0.6 is 0 Å². The van der Waals surface area contributed by atoms with E-state index in [1.807, 2.05) is 30.3 Å². The molecule has 0 N–H and O–H groups in total. The molecule has 0 bridgehead atoms. The van der Waals surface area contributed by atoms with E-state index in [-0.39, 0.29) is 5.97 Å². The predicted molar refractivity (Wildman–Crippen MR) is 67.4 cm³/mol. The van der Waals surface area contributed by atoms with Crippen molar-refractivity contribution in [2.24, 2.45) is 0 Å². The number of hydrogen-bond donors (Lipinski definition) is 0. The van der Waals surface area contributed by atoms with Gasteiger partial charge in [-0.1, -0.05) is 12.1 Å². The number of rotatable bonds is 3. The third-order valence-corrected chi connectivity index (χ3v) is 2.33. The first-order valence-electron chi connectivity index (χ1n) is 5.49. The fraction of sp³-hybridized carbons (Fsp3) is 0.143. The zero-order valence-electron chi connectivity index (χ0n) is 9.59. The molecule has 17 heavy (non-hydrogen) atoms. The normalized spacial score (nSPS) is 10.9. The summed E-state index contributed by atoms with van der Waals surface area (Å²) in [7, 11) is 0. The van der Waals surface area contributed by atoms with Crippen LogP contribution in [-0.2, 0) is 9.53 Å². The summed E-state index contributed by atoms with van der Waals surface area (Å²) < 4.78 is 4.81. The molecule has 1 heterocycles. The highest BCUT2D eigenvalue weighted by Crippen LogP contribution is 2.14. The molecule has 3 heteroatoms. The third kappa shape index (κ3) is 2.91. The number of pyridine rings is 1. The predicted octanol–water partition coefficient (Wildman–Crippen LogP) is 2.81. The van der Waals surface area contributed by atoms with Gasteiger partial charge in [0.25, 0.3) is 0 Å². The molecule has 0 atom stereocenters. The molecule has 1 aromatic carbocycles. The van der Waals surface area contributed by atoms with Crippen LogP contribution in [0.3, 0.4) is 0 Å². The Labute approximate surface area is 99.7 Å². The highest BCUT2D eigenvalue weighted by atomic mass is 16.5. The number of aromatic nitrogens is 1. The fourth-order valence-electron chi connectivity index (χ4n) is 1.55. The minimum Gasteiger partial charge on any atom is -0.463 e. The first-order valence-corrected chi connectivity index (χ1v) is 5.49. The van der Waals surface area contributed by atoms with Gasteiger partial charge in [0, 0.05) is 17.7 Å². The molecule has 0 aliphatic carbocycles. The van der Waals surface area contributed by atoms with Gasteiger partial charge < -0.3 is 4.74 Å². The second kappa shape index (κ2) is 5.25. The average molecular weight is 227 g/mol. The standard InChI is InChI=1S/C14H13NO2/c1-2-17-14(16)8-6-11-5-7-13-12(10-11)4-3-9-15-13/h3-10H,2H2,1H3. The van der Waals surface area contributed by atoms with Crippen molar-refractivity contribution in [3.8, 4) is 0 Å². The van der Waals surface area contributed by atoms with E-state index < -0.39 is 0 Å². The van der Waals surface area contributed by atoms with Crippen molar-refractivity contribution >= 4 is 22.9 Å². The maximum atomic E-state index is 11.2. The molecule has 0 unspecified atom stereocenters. The van der Waals surface area contributed by atoms with Crippen molar-refractivity contribution in [2.75, 3.05) is 6.61 Å². The summed E-state index contributed by atoms with van der Waals surface area (Å²) in [6.45, 7) is 2.18. The second-order valence-corrected chi connectivity index (χ2v) is 3.54. The van der Waals surface area contributed by atoms with Gasteiger partial charge in [-0.25, -0.2) is 4.79 Å². The van der Waals surface area contributed by atoms with Crippen LogP contribution in [0.1, 0.15) is 12.5 Å². The van der Waals surface area contributed by atoms with Gasteiger partial charge in [-0.15, -0.1) is 0 Å². The third-order valence-electron chi connectivity index (χ3n) is 2.33. The summed E-state index contributed by atoms with van der Waals surface area (Å²) in [4.78, 5) is 15.4. The molecular formula is C14H13NO2. The van der Waals surface area contributed by atoms with Crippen LogP contribution < -0.4 is 0 Å². The fourth-order valence-corrected chi connectivity index (χ4v) is 1.55. The van der Waals surface area contributed by atoms with Crippen molar-refractivity contribution in [1.29, 1.82) is 0 Å². The van der Waals surface area contributed by atoms with Crippen LogP contribution in [0.25, 0.3) is 17.0 Å². The molecule has 0 aliphatic rings. The first-order chi connectivity index (χ1) is 8.29. The van der Waals surface area contributed by atoms with Crippen molar-refractivity contribution < 1.29 is 9.53 Å². The lowest BCUT2D eigenvalue weighted by atomic mass is 10.1. The molecule has 2 aromatic rings. The number of ether oxygens (including phenoxy) is 1. The molecule has 0 radical (unpaired) electrons. The van der Waals surface area contributed by atoms with E-state index in [1.165, 1.54) is 6.08 Å². The number of nitrogens with zero attached hydrogens (tertiary/aromatic N) is 1. The SMILES string of the molecule is CCOC(=O)C=Cc1ccc2ncccc2c1. The molecule has 2 rings (SSSR count). The number of carbonyl (C=O) groups is 1. The van der Waals surface area contributed by atoms with Crippen LogP contribution in [-0.4, -0.2) is 17.6 Å². The zero-order valence-corrected chi connectivity index (χ0v) is 9.59. The van der Waals surface area contributed by atoms with Gasteiger partial charge in [0.1, 0.15) is 0 Å². The Morgan fingerprint density at radius 2 is 2.29 bits per heavy atom. The van der Waals surface area contributed by atoms with Gasteiger partial charge >= 0.3 is 5.97 Å². The molecule has 0 fully saturated rings. The van der Waals surface area contributed by atoms with Crippen molar-refractivity contribution in [1.82, 2.24) is 4.98 Å². The van der Waals surface area contributed by atoms with E-state index in [0.717, 1.165) is 16.5 Å². The molecule has 0 aliphatic heterocycles. The molecule has 86 valence electrons. The quantitative estimate of drug-likeness (QED) is 0.598. The Balaban J connectivity index is 2.22. The highest BCUT2D eigenvalue weighted by molar-refractivity contribution is 5.88. The Morgan fingerprint density at radius 3 is 3.12 bits per heavy atom. The Morgan fingerprint density at radius 1 is 1.41 bits per heavy atom. The summed E-state index contributed by atoms with van der Waals surface area (Å²) in [5, 5.41) is 1.05. The monoisotopic (exact) mass is 227 g/mol. The smallest absolute Gasteiger partial charge is 0.330 e. The van der Waals surface area contributed by atoms with Crippen LogP contribution in [0.5, 0.6) is 0 Å². The first kappa shape index (κ1) is 11.3. The van der Waals surface area contributed by atoms with Gasteiger partial charge in [-0.2, -0.15) is 0 Å². The van der Waals surface area contributed by atoms with E-state index in [0.29, 0.717) is 6.61 Å². The van der Waals surface area contributed by atoms with E-state index in [9.17, 15) is 4.79 Å². The maximum absolute atomic E-state index is 11.2. The van der Waals surface area contributed by atoms with Crippen LogP contribution in [0, 0.1) is 0 Å². The number of fused-ring (bicyclic) bond motifs is 1. The number of carbonyl (C=O) groups excluding carboxylic acids is 1. The van der Waals surface area contributed by atoms with E-state index in [4.69, 9.17) is 4.74 Å². The summed E-state index contributed by atoms with van der Waals surface area (Å²) in [6.07, 6.45) is 4.93. The van der Waals surface area contributed by atoms with E-state index in [1.54, 1.807) is 19.2 Å². The lowest BCUT2D eigenvalue weighted by Crippen LogP contribution is -1.98. The summed E-state index contributed by atoms with van der Waals surface area (Å²) in [6, 6.07) is 9.72. The number of benzene rings is 1. The number of hydrogen-bond acceptors (Lipinski definition) is 3. The largest absolute Gasteiger partial charge is 0.463 e. The van der Waals surface area contributed by atoms with Crippen molar-refractivity contribution in [2.45, 2.75) is 6.92 Å². The lowest BCUT2D eigenvalue weighted by Gasteiger charge is -1.98. The molecule has 1 aromatic heterocycles. The highest BCUT2D eigenvalue weighted by Gasteiger charge is 1.96. The second-order valence-electron chi connectivity index (χ2n) is 3.54. The Hall–Kier alpha value is -2.16. The minimum absolute atomic E-state index is 0.321. The molecule has 0 saturated carbocycles. The molecular weight excluding hydrogens is 214 g/mol. The topological polar surface area (TPSA) is 39.2 Å². The van der Waals surface area contributed by atoms with Crippen molar-refractivity contribution in [3.63, 3.8) is 0 Å². The summed E-state index contributed by atoms with van der Waals surface area (Å²) >= 11 is 0. The Bertz CT molecular complexity index is 561. The minimum atomic E-state index is -0.321. The van der Waals surface area contributed by atoms with Crippen LogP contribution in [0.15, 0.2) is 42.6 Å². The summed E-state index contributed by atoms with van der Waals surface area (Å²) in [5.41, 5.74) is 1.90. The molecule has 0 spiro atoms. The molecule has 0 amide bonds. The molecule has 3 nitrogen and oxygen atoms in total. The van der Waals surface area contributed by atoms with Gasteiger partial charge in [-0.05, 0) is 36.8 Å². The van der Waals surface area contributed by atoms with Gasteiger partial charge in [0.2, 0.25) is 0 Å². The zero-order chi connectivity index (χ0) is 12.1. The van der Waals surface area contributed by atoms with Crippen LogP contribution in [0.2, 0.25) is 0 Å². The van der Waals surface area contributed by atoms with Gasteiger partial charge in [-0.3, -0.25) is 4.98 Å².